The first-order valence-electron chi connectivity index (χ1n) is 8.93. The molecule has 0 aliphatic carbocycles. The molecule has 144 valence electrons. The van der Waals surface area contributed by atoms with Gasteiger partial charge in [0, 0.05) is 53.5 Å². The lowest BCUT2D eigenvalue weighted by molar-refractivity contribution is 0.102. The summed E-state index contributed by atoms with van der Waals surface area (Å²) in [6.07, 6.45) is 1.83. The zero-order chi connectivity index (χ0) is 19.3. The number of ether oxygens (including phenoxy) is 1. The summed E-state index contributed by atoms with van der Waals surface area (Å²) in [6, 6.07) is 11.3. The predicted octanol–water partition coefficient (Wildman–Crippen LogP) is 4.02. The summed E-state index contributed by atoms with van der Waals surface area (Å²) < 4.78 is 5.18. The summed E-state index contributed by atoms with van der Waals surface area (Å²) in [7, 11) is 1.59. The van der Waals surface area contributed by atoms with E-state index in [-0.39, 0.29) is 5.91 Å². The number of carbonyl (C=O) groups excluding carboxylic acids is 1. The van der Waals surface area contributed by atoms with Crippen molar-refractivity contribution >= 4 is 40.5 Å². The molecule has 1 aromatic carbocycles. The second-order valence-electron chi connectivity index (χ2n) is 6.23. The van der Waals surface area contributed by atoms with E-state index in [9.17, 15) is 4.79 Å². The molecule has 3 heterocycles. The zero-order valence-corrected chi connectivity index (χ0v) is 17.1. The summed E-state index contributed by atoms with van der Waals surface area (Å²) in [4.78, 5) is 23.9. The van der Waals surface area contributed by atoms with Crippen LogP contribution in [-0.2, 0) is 0 Å². The van der Waals surface area contributed by atoms with Crippen molar-refractivity contribution in [1.29, 1.82) is 0 Å². The van der Waals surface area contributed by atoms with Gasteiger partial charge in [0.1, 0.15) is 22.3 Å². The van der Waals surface area contributed by atoms with E-state index in [1.54, 1.807) is 18.6 Å². The number of thiazole rings is 1. The molecule has 1 fully saturated rings. The van der Waals surface area contributed by atoms with Gasteiger partial charge < -0.3 is 15.0 Å². The van der Waals surface area contributed by atoms with Crippen LogP contribution < -0.4 is 15.0 Å². The van der Waals surface area contributed by atoms with Gasteiger partial charge in [0.05, 0.1) is 7.11 Å². The summed E-state index contributed by atoms with van der Waals surface area (Å²) in [5.41, 5.74) is 1.98. The van der Waals surface area contributed by atoms with Gasteiger partial charge in [-0.1, -0.05) is 6.07 Å². The van der Waals surface area contributed by atoms with Gasteiger partial charge in [-0.25, -0.2) is 9.97 Å². The number of nitrogens with one attached hydrogen (secondary N) is 1. The van der Waals surface area contributed by atoms with Crippen molar-refractivity contribution in [3.05, 3.63) is 53.7 Å². The molecule has 0 bridgehead atoms. The van der Waals surface area contributed by atoms with E-state index in [0.717, 1.165) is 41.0 Å². The molecule has 28 heavy (non-hydrogen) atoms. The van der Waals surface area contributed by atoms with Crippen molar-refractivity contribution in [3.8, 4) is 16.3 Å². The Morgan fingerprint density at radius 2 is 2.07 bits per heavy atom. The highest BCUT2D eigenvalue weighted by atomic mass is 32.2. The van der Waals surface area contributed by atoms with Crippen LogP contribution in [0.5, 0.6) is 5.75 Å². The molecule has 1 N–H and O–H groups in total. The molecule has 3 aromatic rings. The van der Waals surface area contributed by atoms with Gasteiger partial charge in [0.2, 0.25) is 0 Å². The molecule has 1 aliphatic heterocycles. The number of hydrogen-bond acceptors (Lipinski definition) is 7. The van der Waals surface area contributed by atoms with Crippen molar-refractivity contribution in [1.82, 2.24) is 9.97 Å². The van der Waals surface area contributed by atoms with Gasteiger partial charge in [0.15, 0.2) is 0 Å². The van der Waals surface area contributed by atoms with E-state index >= 15 is 0 Å². The zero-order valence-electron chi connectivity index (χ0n) is 15.4. The number of pyridine rings is 1. The van der Waals surface area contributed by atoms with Gasteiger partial charge >= 0.3 is 0 Å². The quantitative estimate of drug-likeness (QED) is 0.683. The maximum Gasteiger partial charge on any atom is 0.275 e. The molecule has 0 radical (unpaired) electrons. The SMILES string of the molecule is COc1cccc(NC(=O)c2csc(-c3ccc(N4CCSCC4)nc3)n2)c1. The van der Waals surface area contributed by atoms with E-state index in [1.165, 1.54) is 11.3 Å². The molecule has 8 heteroatoms. The largest absolute Gasteiger partial charge is 0.497 e. The highest BCUT2D eigenvalue weighted by Gasteiger charge is 2.15. The van der Waals surface area contributed by atoms with Gasteiger partial charge in [0.25, 0.3) is 5.91 Å². The number of hydrogen-bond donors (Lipinski definition) is 1. The van der Waals surface area contributed by atoms with Gasteiger partial charge in [-0.2, -0.15) is 11.8 Å². The molecule has 0 atom stereocenters. The smallest absolute Gasteiger partial charge is 0.275 e. The van der Waals surface area contributed by atoms with Crippen LogP contribution in [0, 0.1) is 0 Å². The van der Waals surface area contributed by atoms with E-state index in [1.807, 2.05) is 48.3 Å². The Balaban J connectivity index is 1.45. The fourth-order valence-electron chi connectivity index (χ4n) is 2.90. The number of rotatable bonds is 5. The second kappa shape index (κ2) is 8.62. The van der Waals surface area contributed by atoms with Crippen molar-refractivity contribution < 1.29 is 9.53 Å². The first kappa shape index (κ1) is 18.8. The van der Waals surface area contributed by atoms with Crippen molar-refractivity contribution in [2.24, 2.45) is 0 Å². The van der Waals surface area contributed by atoms with E-state index in [0.29, 0.717) is 17.1 Å². The summed E-state index contributed by atoms with van der Waals surface area (Å²) in [5.74, 6) is 3.72. The van der Waals surface area contributed by atoms with E-state index in [2.05, 4.69) is 20.2 Å². The molecule has 4 rings (SSSR count). The lowest BCUT2D eigenvalue weighted by atomic mass is 10.2. The van der Waals surface area contributed by atoms with Crippen molar-refractivity contribution in [2.75, 3.05) is 41.9 Å². The Morgan fingerprint density at radius 3 is 2.82 bits per heavy atom. The Hall–Kier alpha value is -2.58. The Morgan fingerprint density at radius 1 is 1.21 bits per heavy atom. The molecular weight excluding hydrogens is 392 g/mol. The van der Waals surface area contributed by atoms with Crippen molar-refractivity contribution in [2.45, 2.75) is 0 Å². The van der Waals surface area contributed by atoms with Crippen LogP contribution in [0.1, 0.15) is 10.5 Å². The summed E-state index contributed by atoms with van der Waals surface area (Å²) in [6.45, 7) is 2.06. The number of anilines is 2. The van der Waals surface area contributed by atoms with Crippen LogP contribution in [0.3, 0.4) is 0 Å². The molecule has 0 saturated carbocycles. The third-order valence-corrected chi connectivity index (χ3v) is 6.23. The van der Waals surface area contributed by atoms with Crippen LogP contribution in [0.15, 0.2) is 48.0 Å². The average Bonchev–Trinajstić information content (AvgIpc) is 3.25. The molecule has 2 aromatic heterocycles. The standard InChI is InChI=1S/C20H20N4O2S2/c1-26-16-4-2-3-15(11-16)22-19(25)17-13-28-20(23-17)14-5-6-18(21-12-14)24-7-9-27-10-8-24/h2-6,11-13H,7-10H2,1H3,(H,22,25). The molecule has 1 aliphatic rings. The number of nitrogens with zero attached hydrogens (tertiary/aromatic N) is 3. The normalized spacial score (nSPS) is 14.0. The maximum absolute atomic E-state index is 12.5. The molecule has 6 nitrogen and oxygen atoms in total. The highest BCUT2D eigenvalue weighted by molar-refractivity contribution is 7.99. The third kappa shape index (κ3) is 4.28. The maximum atomic E-state index is 12.5. The lowest BCUT2D eigenvalue weighted by Gasteiger charge is -2.27. The van der Waals surface area contributed by atoms with Gasteiger partial charge in [-0.3, -0.25) is 4.79 Å². The molecule has 1 amide bonds. The van der Waals surface area contributed by atoms with Crippen LogP contribution >= 0.6 is 23.1 Å². The van der Waals surface area contributed by atoms with Crippen LogP contribution in [-0.4, -0.2) is 47.6 Å². The van der Waals surface area contributed by atoms with E-state index < -0.39 is 0 Å². The van der Waals surface area contributed by atoms with Gasteiger partial charge in [-0.05, 0) is 24.3 Å². The molecule has 1 saturated heterocycles. The number of aromatic nitrogens is 2. The molecular formula is C20H20N4O2S2. The minimum absolute atomic E-state index is 0.244. The summed E-state index contributed by atoms with van der Waals surface area (Å²) in [5, 5.41) is 5.40. The monoisotopic (exact) mass is 412 g/mol. The topological polar surface area (TPSA) is 67.3 Å². The predicted molar refractivity (Wildman–Crippen MR) is 116 cm³/mol. The number of methoxy groups -OCH3 is 1. The Bertz CT molecular complexity index is 953. The number of carbonyl (C=O) groups is 1. The Labute approximate surface area is 172 Å². The number of amides is 1. The van der Waals surface area contributed by atoms with Crippen LogP contribution in [0.25, 0.3) is 10.6 Å². The summed E-state index contributed by atoms with van der Waals surface area (Å²) >= 11 is 3.42. The molecule has 0 unspecified atom stereocenters. The second-order valence-corrected chi connectivity index (χ2v) is 8.31. The lowest BCUT2D eigenvalue weighted by Crippen LogP contribution is -2.32. The van der Waals surface area contributed by atoms with E-state index in [4.69, 9.17) is 4.74 Å². The fourth-order valence-corrected chi connectivity index (χ4v) is 4.59. The minimum atomic E-state index is -0.244. The third-order valence-electron chi connectivity index (χ3n) is 4.39. The molecule has 0 spiro atoms. The van der Waals surface area contributed by atoms with Crippen LogP contribution in [0.4, 0.5) is 11.5 Å². The van der Waals surface area contributed by atoms with Crippen molar-refractivity contribution in [3.63, 3.8) is 0 Å². The highest BCUT2D eigenvalue weighted by Crippen LogP contribution is 2.26. The minimum Gasteiger partial charge on any atom is -0.497 e. The Kier molecular flexibility index (Phi) is 5.78. The number of benzene rings is 1. The first-order chi connectivity index (χ1) is 13.7. The van der Waals surface area contributed by atoms with Gasteiger partial charge in [-0.15, -0.1) is 11.3 Å². The van der Waals surface area contributed by atoms with Crippen LogP contribution in [0.2, 0.25) is 0 Å². The average molecular weight is 413 g/mol. The number of thioether (sulfide) groups is 1. The fraction of sp³-hybridized carbons (Fsp3) is 0.250. The first-order valence-corrected chi connectivity index (χ1v) is 11.0.